The zero-order valence-corrected chi connectivity index (χ0v) is 16.3. The van der Waals surface area contributed by atoms with Gasteiger partial charge >= 0.3 is 5.97 Å². The van der Waals surface area contributed by atoms with Crippen LogP contribution in [0.3, 0.4) is 0 Å². The van der Waals surface area contributed by atoms with E-state index in [0.717, 1.165) is 23.1 Å². The Bertz CT molecular complexity index is 844. The normalized spacial score (nSPS) is 21.4. The highest BCUT2D eigenvalue weighted by Crippen LogP contribution is 2.36. The number of amides is 1. The Morgan fingerprint density at radius 3 is 2.74 bits per heavy atom. The van der Waals surface area contributed by atoms with Gasteiger partial charge in [-0.25, -0.2) is 9.79 Å². The molecule has 0 fully saturated rings. The van der Waals surface area contributed by atoms with E-state index in [4.69, 9.17) is 16.3 Å². The number of fused-ring (bicyclic) bond motifs is 1. The molecule has 27 heavy (non-hydrogen) atoms. The lowest BCUT2D eigenvalue weighted by Crippen LogP contribution is -2.42. The molecule has 1 aliphatic heterocycles. The van der Waals surface area contributed by atoms with Crippen LogP contribution in [0, 0.1) is 0 Å². The number of aliphatic imine (C=N–C) groups is 1. The van der Waals surface area contributed by atoms with E-state index in [1.807, 2.05) is 20.8 Å². The number of aromatic carboxylic acids is 1. The molecule has 2 N–H and O–H groups in total. The fourth-order valence-electron chi connectivity index (χ4n) is 3.51. The van der Waals surface area contributed by atoms with E-state index in [1.54, 1.807) is 18.2 Å². The van der Waals surface area contributed by atoms with Gasteiger partial charge in [0.25, 0.3) is 5.91 Å². The first-order valence-electron chi connectivity index (χ1n) is 9.07. The predicted molar refractivity (Wildman–Crippen MR) is 103 cm³/mol. The topological polar surface area (TPSA) is 88.0 Å². The summed E-state index contributed by atoms with van der Waals surface area (Å²) in [7, 11) is 0. The first-order valence-corrected chi connectivity index (χ1v) is 9.45. The number of carboxylic acids is 1. The number of hydrogen-bond donors (Lipinski definition) is 2. The lowest BCUT2D eigenvalue weighted by atomic mass is 10.1. The Morgan fingerprint density at radius 1 is 1.41 bits per heavy atom. The number of carboxylic acid groups (broad SMARTS) is 1. The molecule has 1 heterocycles. The molecule has 1 amide bonds. The highest BCUT2D eigenvalue weighted by Gasteiger charge is 2.36. The molecule has 7 heteroatoms. The van der Waals surface area contributed by atoms with Gasteiger partial charge in [0.05, 0.1) is 17.7 Å². The summed E-state index contributed by atoms with van der Waals surface area (Å²) in [6.45, 7) is 5.84. The van der Waals surface area contributed by atoms with Crippen molar-refractivity contribution < 1.29 is 19.4 Å². The zero-order valence-electron chi connectivity index (χ0n) is 15.6. The molecule has 6 nitrogen and oxygen atoms in total. The van der Waals surface area contributed by atoms with Crippen molar-refractivity contribution in [1.29, 1.82) is 0 Å². The van der Waals surface area contributed by atoms with Crippen LogP contribution in [-0.2, 0) is 16.0 Å². The number of carbonyl (C=O) groups is 2. The summed E-state index contributed by atoms with van der Waals surface area (Å²) < 4.78 is 6.04. The number of halogens is 1. The second-order valence-electron chi connectivity index (χ2n) is 7.09. The SMILES string of the molecule is CCC1=C(Cl)N=C(C(=O)N[C@@H]2Cc3cc(C(=O)O)ccc3[C@@H]2OC(C)C)C1. The van der Waals surface area contributed by atoms with Gasteiger partial charge in [-0.15, -0.1) is 0 Å². The van der Waals surface area contributed by atoms with E-state index in [2.05, 4.69) is 10.3 Å². The molecular formula is C20H23ClN2O4. The Morgan fingerprint density at radius 2 is 2.15 bits per heavy atom. The Balaban J connectivity index is 1.79. The van der Waals surface area contributed by atoms with E-state index in [0.29, 0.717) is 23.7 Å². The quantitative estimate of drug-likeness (QED) is 0.726. The minimum absolute atomic E-state index is 0.0360. The van der Waals surface area contributed by atoms with Crippen LogP contribution in [0.2, 0.25) is 0 Å². The third kappa shape index (κ3) is 4.06. The number of carbonyl (C=O) groups excluding carboxylic acids is 1. The van der Waals surface area contributed by atoms with E-state index >= 15 is 0 Å². The van der Waals surface area contributed by atoms with E-state index in [9.17, 15) is 14.7 Å². The summed E-state index contributed by atoms with van der Waals surface area (Å²) in [5, 5.41) is 12.6. The Labute approximate surface area is 163 Å². The second kappa shape index (κ2) is 7.82. The van der Waals surface area contributed by atoms with Crippen LogP contribution in [0.4, 0.5) is 0 Å². The number of nitrogens with zero attached hydrogens (tertiary/aromatic N) is 1. The van der Waals surface area contributed by atoms with E-state index < -0.39 is 5.97 Å². The first kappa shape index (κ1) is 19.6. The second-order valence-corrected chi connectivity index (χ2v) is 7.45. The molecule has 0 bridgehead atoms. The monoisotopic (exact) mass is 390 g/mol. The summed E-state index contributed by atoms with van der Waals surface area (Å²) >= 11 is 6.08. The average molecular weight is 391 g/mol. The minimum atomic E-state index is -0.972. The molecule has 2 aliphatic rings. The lowest BCUT2D eigenvalue weighted by Gasteiger charge is -2.24. The van der Waals surface area contributed by atoms with E-state index in [1.165, 1.54) is 0 Å². The largest absolute Gasteiger partial charge is 0.478 e. The van der Waals surface area contributed by atoms with E-state index in [-0.39, 0.29) is 29.7 Å². The number of allylic oxidation sites excluding steroid dienone is 1. The molecular weight excluding hydrogens is 368 g/mol. The summed E-state index contributed by atoms with van der Waals surface area (Å²) in [6.07, 6.45) is 1.35. The van der Waals surface area contributed by atoms with Crippen LogP contribution in [0.5, 0.6) is 0 Å². The number of rotatable bonds is 6. The molecule has 0 unspecified atom stereocenters. The number of hydrogen-bond acceptors (Lipinski definition) is 4. The maximum Gasteiger partial charge on any atom is 0.335 e. The fourth-order valence-corrected chi connectivity index (χ4v) is 3.81. The average Bonchev–Trinajstić information content (AvgIpc) is 3.14. The maximum atomic E-state index is 12.7. The fraction of sp³-hybridized carbons (Fsp3) is 0.450. The minimum Gasteiger partial charge on any atom is -0.478 e. The smallest absolute Gasteiger partial charge is 0.335 e. The summed E-state index contributed by atoms with van der Waals surface area (Å²) in [4.78, 5) is 28.1. The molecule has 0 radical (unpaired) electrons. The molecule has 0 aromatic heterocycles. The van der Waals surface area contributed by atoms with Crippen molar-refractivity contribution in [3.63, 3.8) is 0 Å². The van der Waals surface area contributed by atoms with Gasteiger partial charge in [0.2, 0.25) is 0 Å². The molecule has 0 saturated heterocycles. The highest BCUT2D eigenvalue weighted by atomic mass is 35.5. The van der Waals surface area contributed by atoms with Crippen molar-refractivity contribution in [2.75, 3.05) is 0 Å². The summed E-state index contributed by atoms with van der Waals surface area (Å²) in [5.41, 5.74) is 3.38. The van der Waals surface area contributed by atoms with Crippen LogP contribution in [0.1, 0.15) is 61.2 Å². The van der Waals surface area contributed by atoms with Gasteiger partial charge < -0.3 is 15.2 Å². The zero-order chi connectivity index (χ0) is 19.7. The van der Waals surface area contributed by atoms with Crippen molar-refractivity contribution >= 4 is 29.2 Å². The molecule has 2 atom stereocenters. The third-order valence-corrected chi connectivity index (χ3v) is 5.18. The molecule has 3 rings (SSSR count). The van der Waals surface area contributed by atoms with Gasteiger partial charge in [-0.1, -0.05) is 24.6 Å². The van der Waals surface area contributed by atoms with Gasteiger partial charge in [-0.2, -0.15) is 0 Å². The van der Waals surface area contributed by atoms with Gasteiger partial charge in [-0.05, 0) is 55.5 Å². The van der Waals surface area contributed by atoms with Crippen molar-refractivity contribution in [2.24, 2.45) is 4.99 Å². The lowest BCUT2D eigenvalue weighted by molar-refractivity contribution is -0.117. The van der Waals surface area contributed by atoms with Crippen molar-refractivity contribution in [1.82, 2.24) is 5.32 Å². The van der Waals surface area contributed by atoms with Crippen LogP contribution in [0.25, 0.3) is 0 Å². The molecule has 0 saturated carbocycles. The van der Waals surface area contributed by atoms with Gasteiger partial charge in [0, 0.05) is 6.42 Å². The predicted octanol–water partition coefficient (Wildman–Crippen LogP) is 3.60. The molecule has 144 valence electrons. The van der Waals surface area contributed by atoms with Crippen LogP contribution >= 0.6 is 11.6 Å². The summed E-state index contributed by atoms with van der Waals surface area (Å²) in [6, 6.07) is 4.71. The highest BCUT2D eigenvalue weighted by molar-refractivity contribution is 6.43. The van der Waals surface area contributed by atoms with Gasteiger partial charge in [0.15, 0.2) is 0 Å². The first-order chi connectivity index (χ1) is 12.8. The molecule has 1 aliphatic carbocycles. The third-order valence-electron chi connectivity index (χ3n) is 4.83. The van der Waals surface area contributed by atoms with Gasteiger partial charge in [-0.3, -0.25) is 4.79 Å². The maximum absolute atomic E-state index is 12.7. The van der Waals surface area contributed by atoms with Crippen LogP contribution in [0.15, 0.2) is 33.9 Å². The van der Waals surface area contributed by atoms with Crippen LogP contribution < -0.4 is 5.32 Å². The van der Waals surface area contributed by atoms with Crippen molar-refractivity contribution in [3.8, 4) is 0 Å². The number of benzene rings is 1. The number of ether oxygens (including phenoxy) is 1. The summed E-state index contributed by atoms with van der Waals surface area (Å²) in [5.74, 6) is -1.23. The van der Waals surface area contributed by atoms with Crippen molar-refractivity contribution in [3.05, 3.63) is 45.6 Å². The number of nitrogens with one attached hydrogen (secondary N) is 1. The van der Waals surface area contributed by atoms with Crippen molar-refractivity contribution in [2.45, 2.75) is 58.3 Å². The Kier molecular flexibility index (Phi) is 5.67. The molecule has 1 aromatic rings. The molecule has 1 aromatic carbocycles. The van der Waals surface area contributed by atoms with Gasteiger partial charge in [0.1, 0.15) is 17.0 Å². The molecule has 0 spiro atoms. The Hall–Kier alpha value is -2.18. The van der Waals surface area contributed by atoms with Crippen LogP contribution in [-0.4, -0.2) is 34.8 Å². The standard InChI is InChI=1S/C20H23ClN2O4/c1-4-11-8-16(22-18(11)21)19(24)23-15-9-13-7-12(20(25)26)5-6-14(13)17(15)27-10(2)3/h5-7,10,15,17H,4,8-9H2,1-3H3,(H,23,24)(H,25,26)/t15-,17+/m1/s1.